The molecule has 1 heterocycles. The first-order valence-corrected chi connectivity index (χ1v) is 9.36. The number of carbonyl (C=O) groups is 1. The van der Waals surface area contributed by atoms with Gasteiger partial charge in [-0.2, -0.15) is 13.2 Å². The van der Waals surface area contributed by atoms with Crippen LogP contribution in [0.3, 0.4) is 0 Å². The van der Waals surface area contributed by atoms with E-state index in [4.69, 9.17) is 14.3 Å². The second-order valence-electron chi connectivity index (χ2n) is 7.01. The Bertz CT molecular complexity index is 695. The summed E-state index contributed by atoms with van der Waals surface area (Å²) >= 11 is 0. The summed E-state index contributed by atoms with van der Waals surface area (Å²) in [6.07, 6.45) is -1.88. The van der Waals surface area contributed by atoms with Gasteiger partial charge in [0.15, 0.2) is 0 Å². The molecule has 0 aromatic heterocycles. The summed E-state index contributed by atoms with van der Waals surface area (Å²) in [5.74, 6) is -1.70. The van der Waals surface area contributed by atoms with Gasteiger partial charge in [-0.25, -0.2) is 4.79 Å². The number of nitrogens with zero attached hydrogens (tertiary/aromatic N) is 1. The Morgan fingerprint density at radius 2 is 1.83 bits per heavy atom. The minimum absolute atomic E-state index is 0.185. The van der Waals surface area contributed by atoms with Crippen molar-refractivity contribution in [1.82, 2.24) is 0 Å². The first kappa shape index (κ1) is 23.2. The first-order chi connectivity index (χ1) is 13.7. The van der Waals surface area contributed by atoms with E-state index in [0.717, 1.165) is 31.4 Å². The Morgan fingerprint density at radius 3 is 2.38 bits per heavy atom. The van der Waals surface area contributed by atoms with Crippen molar-refractivity contribution in [1.29, 1.82) is 0 Å². The van der Waals surface area contributed by atoms with Crippen molar-refractivity contribution < 1.29 is 37.0 Å². The highest BCUT2D eigenvalue weighted by Crippen LogP contribution is 2.29. The minimum atomic E-state index is -4.35. The largest absolute Gasteiger partial charge is 0.465 e. The van der Waals surface area contributed by atoms with Crippen LogP contribution in [0.25, 0.3) is 0 Å². The maximum atomic E-state index is 12.6. The van der Waals surface area contributed by atoms with Crippen molar-refractivity contribution in [2.24, 2.45) is 11.1 Å². The fourth-order valence-electron chi connectivity index (χ4n) is 2.81. The number of alkyl halides is 3. The monoisotopic (exact) mass is 417 g/mol. The van der Waals surface area contributed by atoms with Crippen LogP contribution in [0, 0.1) is 5.92 Å². The van der Waals surface area contributed by atoms with Gasteiger partial charge in [-0.3, -0.25) is 0 Å². The average molecular weight is 417 g/mol. The van der Waals surface area contributed by atoms with Crippen LogP contribution >= 0.6 is 0 Å². The van der Waals surface area contributed by atoms with E-state index in [9.17, 15) is 18.0 Å². The van der Waals surface area contributed by atoms with Gasteiger partial charge in [0.25, 0.3) is 5.79 Å². The molecule has 0 aliphatic carbocycles. The quantitative estimate of drug-likeness (QED) is 0.275. The normalized spacial score (nSPS) is 23.0. The number of esters is 1. The molecule has 0 radical (unpaired) electrons. The molecule has 1 fully saturated rings. The second kappa shape index (κ2) is 10.1. The molecule has 1 aromatic carbocycles. The number of ether oxygens (including phenoxy) is 3. The number of benzene rings is 1. The lowest BCUT2D eigenvalue weighted by Gasteiger charge is -2.35. The zero-order valence-electron chi connectivity index (χ0n) is 16.8. The lowest BCUT2D eigenvalue weighted by Crippen LogP contribution is -2.48. The summed E-state index contributed by atoms with van der Waals surface area (Å²) in [7, 11) is 1.29. The van der Waals surface area contributed by atoms with Crippen LogP contribution in [-0.2, 0) is 30.0 Å². The van der Waals surface area contributed by atoms with Crippen molar-refractivity contribution in [3.63, 3.8) is 0 Å². The van der Waals surface area contributed by atoms with Crippen LogP contribution in [0.2, 0.25) is 0 Å². The van der Waals surface area contributed by atoms with Gasteiger partial charge in [0.2, 0.25) is 0 Å². The van der Waals surface area contributed by atoms with Crippen molar-refractivity contribution >= 4 is 11.7 Å². The van der Waals surface area contributed by atoms with Gasteiger partial charge in [0, 0.05) is 12.8 Å². The lowest BCUT2D eigenvalue weighted by atomic mass is 10.0. The highest BCUT2D eigenvalue weighted by molar-refractivity contribution is 5.98. The molecule has 0 bridgehead atoms. The molecule has 1 saturated heterocycles. The Hall–Kier alpha value is -2.13. The molecule has 6 nitrogen and oxygen atoms in total. The number of methoxy groups -OCH3 is 1. The number of carbonyl (C=O) groups excluding carboxylic acids is 1. The molecule has 0 atom stereocenters. The molecule has 0 N–H and O–H groups in total. The predicted molar refractivity (Wildman–Crippen MR) is 99.3 cm³/mol. The summed E-state index contributed by atoms with van der Waals surface area (Å²) in [5, 5.41) is 3.95. The molecule has 1 aliphatic rings. The smallest absolute Gasteiger partial charge is 0.416 e. The van der Waals surface area contributed by atoms with E-state index in [0.29, 0.717) is 31.1 Å². The van der Waals surface area contributed by atoms with E-state index in [1.54, 1.807) is 13.8 Å². The summed E-state index contributed by atoms with van der Waals surface area (Å²) in [6, 6.07) is 4.79. The minimum Gasteiger partial charge on any atom is -0.465 e. The van der Waals surface area contributed by atoms with Crippen molar-refractivity contribution in [2.75, 3.05) is 26.9 Å². The number of hydrogen-bond acceptors (Lipinski definition) is 6. The average Bonchev–Trinajstić information content (AvgIpc) is 2.70. The third-order valence-electron chi connectivity index (χ3n) is 4.67. The molecule has 2 rings (SSSR count). The summed E-state index contributed by atoms with van der Waals surface area (Å²) in [5.41, 5.74) is 0.385. The number of halogens is 3. The number of unbranched alkanes of at least 4 members (excludes halogenated alkanes) is 1. The Labute approximate surface area is 167 Å². The van der Waals surface area contributed by atoms with Gasteiger partial charge in [-0.15, -0.1) is 0 Å². The number of oxime groups is 1. The SMILES string of the molecule is COC(=O)C1(C)OCC(CCCCO/N=C(/C)c2ccc(C(F)(F)F)cc2)CO1. The number of hydrogen-bond donors (Lipinski definition) is 0. The predicted octanol–water partition coefficient (Wildman–Crippen LogP) is 4.17. The summed E-state index contributed by atoms with van der Waals surface area (Å²) in [6.45, 7) is 4.44. The molecular formula is C20H26F3NO5. The number of rotatable bonds is 8. The van der Waals surface area contributed by atoms with Gasteiger partial charge < -0.3 is 19.0 Å². The molecule has 0 unspecified atom stereocenters. The van der Waals surface area contributed by atoms with E-state index in [1.165, 1.54) is 19.2 Å². The van der Waals surface area contributed by atoms with Crippen LogP contribution in [0.4, 0.5) is 13.2 Å². The maximum absolute atomic E-state index is 12.6. The fourth-order valence-corrected chi connectivity index (χ4v) is 2.81. The van der Waals surface area contributed by atoms with E-state index in [2.05, 4.69) is 9.89 Å². The van der Waals surface area contributed by atoms with Crippen LogP contribution in [0.1, 0.15) is 44.2 Å². The first-order valence-electron chi connectivity index (χ1n) is 9.36. The molecule has 162 valence electrons. The van der Waals surface area contributed by atoms with Crippen LogP contribution in [0.5, 0.6) is 0 Å². The van der Waals surface area contributed by atoms with Gasteiger partial charge in [-0.1, -0.05) is 17.3 Å². The Balaban J connectivity index is 1.65. The zero-order chi connectivity index (χ0) is 21.5. The molecule has 1 aromatic rings. The maximum Gasteiger partial charge on any atom is 0.416 e. The third kappa shape index (κ3) is 6.71. The topological polar surface area (TPSA) is 66.4 Å². The van der Waals surface area contributed by atoms with Crippen LogP contribution < -0.4 is 0 Å². The standard InChI is InChI=1S/C20H26F3NO5/c1-14(16-7-9-17(10-8-16)20(21,22)23)24-29-11-5-4-6-15-12-27-19(2,28-13-15)18(25)26-3/h7-10,15H,4-6,11-13H2,1-3H3/b24-14-. The van der Waals surface area contributed by atoms with Crippen molar-refractivity contribution in [3.8, 4) is 0 Å². The summed E-state index contributed by atoms with van der Waals surface area (Å²) in [4.78, 5) is 16.9. The molecule has 0 spiro atoms. The highest BCUT2D eigenvalue weighted by atomic mass is 19.4. The van der Waals surface area contributed by atoms with Gasteiger partial charge in [0.1, 0.15) is 6.61 Å². The summed E-state index contributed by atoms with van der Waals surface area (Å²) < 4.78 is 53.4. The molecule has 9 heteroatoms. The molecule has 1 aliphatic heterocycles. The Morgan fingerprint density at radius 1 is 1.21 bits per heavy atom. The van der Waals surface area contributed by atoms with Crippen LogP contribution in [0.15, 0.2) is 29.4 Å². The molecular weight excluding hydrogens is 391 g/mol. The van der Waals surface area contributed by atoms with E-state index >= 15 is 0 Å². The Kier molecular flexibility index (Phi) is 8.04. The van der Waals surface area contributed by atoms with E-state index < -0.39 is 23.5 Å². The van der Waals surface area contributed by atoms with Gasteiger partial charge >= 0.3 is 12.1 Å². The third-order valence-corrected chi connectivity index (χ3v) is 4.67. The fraction of sp³-hybridized carbons (Fsp3) is 0.600. The highest BCUT2D eigenvalue weighted by Gasteiger charge is 2.41. The van der Waals surface area contributed by atoms with Crippen molar-refractivity contribution in [3.05, 3.63) is 35.4 Å². The van der Waals surface area contributed by atoms with Gasteiger partial charge in [-0.05, 0) is 43.9 Å². The van der Waals surface area contributed by atoms with Gasteiger partial charge in [0.05, 0.1) is 31.6 Å². The van der Waals surface area contributed by atoms with E-state index in [1.807, 2.05) is 0 Å². The van der Waals surface area contributed by atoms with Crippen molar-refractivity contribution in [2.45, 2.75) is 45.1 Å². The zero-order valence-corrected chi connectivity index (χ0v) is 16.8. The van der Waals surface area contributed by atoms with Crippen LogP contribution in [-0.4, -0.2) is 44.4 Å². The molecule has 0 saturated carbocycles. The lowest BCUT2D eigenvalue weighted by molar-refractivity contribution is -0.272. The van der Waals surface area contributed by atoms with E-state index in [-0.39, 0.29) is 5.92 Å². The second-order valence-corrected chi connectivity index (χ2v) is 7.01. The molecule has 29 heavy (non-hydrogen) atoms. The molecule has 0 amide bonds.